The molecule has 102 valence electrons. The third-order valence-corrected chi connectivity index (χ3v) is 3.05. The first-order valence-corrected chi connectivity index (χ1v) is 6.84. The molecule has 1 rings (SSSR count). The monoisotopic (exact) mass is 270 g/mol. The van der Waals surface area contributed by atoms with Crippen LogP contribution in [0, 0.1) is 6.92 Å². The van der Waals surface area contributed by atoms with E-state index in [-0.39, 0.29) is 0 Å². The Morgan fingerprint density at radius 2 is 2.00 bits per heavy atom. The van der Waals surface area contributed by atoms with Gasteiger partial charge in [-0.05, 0) is 40.4 Å². The van der Waals surface area contributed by atoms with Gasteiger partial charge in [0.05, 0.1) is 0 Å². The number of hydrogen-bond acceptors (Lipinski definition) is 4. The van der Waals surface area contributed by atoms with Crippen LogP contribution < -0.4 is 5.32 Å². The van der Waals surface area contributed by atoms with E-state index in [4.69, 9.17) is 11.6 Å². The standard InChI is InChI=1S/C13H23ClN4/c1-5-7-11-16-12(14)10(2)13(17-11)15-8-6-9-18(3)4/h5-9H2,1-4H3,(H,15,16,17). The lowest BCUT2D eigenvalue weighted by atomic mass is 10.3. The summed E-state index contributed by atoms with van der Waals surface area (Å²) < 4.78 is 0. The quantitative estimate of drug-likeness (QED) is 0.611. The van der Waals surface area contributed by atoms with Gasteiger partial charge in [-0.3, -0.25) is 0 Å². The van der Waals surface area contributed by atoms with Crippen LogP contribution in [0.4, 0.5) is 5.82 Å². The Kier molecular flexibility index (Phi) is 6.36. The second-order valence-electron chi connectivity index (χ2n) is 4.74. The Morgan fingerprint density at radius 3 is 2.61 bits per heavy atom. The second-order valence-corrected chi connectivity index (χ2v) is 5.10. The number of halogens is 1. The Balaban J connectivity index is 2.63. The third kappa shape index (κ3) is 4.78. The number of aromatic nitrogens is 2. The van der Waals surface area contributed by atoms with Gasteiger partial charge in [-0.2, -0.15) is 0 Å². The van der Waals surface area contributed by atoms with Gasteiger partial charge in [0.25, 0.3) is 0 Å². The van der Waals surface area contributed by atoms with Crippen LogP contribution in [-0.2, 0) is 6.42 Å². The molecule has 0 atom stereocenters. The third-order valence-electron chi connectivity index (χ3n) is 2.68. The fraction of sp³-hybridized carbons (Fsp3) is 0.692. The van der Waals surface area contributed by atoms with Crippen LogP contribution in [-0.4, -0.2) is 42.1 Å². The second kappa shape index (κ2) is 7.54. The first-order chi connectivity index (χ1) is 8.54. The molecule has 1 aromatic rings. The summed E-state index contributed by atoms with van der Waals surface area (Å²) in [7, 11) is 4.15. The predicted molar refractivity (Wildman–Crippen MR) is 77.4 cm³/mol. The topological polar surface area (TPSA) is 41.1 Å². The van der Waals surface area contributed by atoms with Gasteiger partial charge in [-0.15, -0.1) is 0 Å². The lowest BCUT2D eigenvalue weighted by molar-refractivity contribution is 0.405. The summed E-state index contributed by atoms with van der Waals surface area (Å²) in [6, 6.07) is 0. The van der Waals surface area contributed by atoms with E-state index in [9.17, 15) is 0 Å². The van der Waals surface area contributed by atoms with Crippen molar-refractivity contribution in [2.75, 3.05) is 32.5 Å². The smallest absolute Gasteiger partial charge is 0.137 e. The summed E-state index contributed by atoms with van der Waals surface area (Å²) >= 11 is 6.12. The van der Waals surface area contributed by atoms with Gasteiger partial charge >= 0.3 is 0 Å². The highest BCUT2D eigenvalue weighted by Gasteiger charge is 2.08. The van der Waals surface area contributed by atoms with Crippen LogP contribution in [0.1, 0.15) is 31.2 Å². The van der Waals surface area contributed by atoms with Gasteiger partial charge in [0, 0.05) is 18.5 Å². The molecule has 0 aliphatic rings. The van der Waals surface area contributed by atoms with Gasteiger partial charge in [0.2, 0.25) is 0 Å². The Bertz CT molecular complexity index is 379. The molecule has 0 fully saturated rings. The maximum absolute atomic E-state index is 6.12. The number of hydrogen-bond donors (Lipinski definition) is 1. The molecule has 0 aliphatic heterocycles. The molecule has 18 heavy (non-hydrogen) atoms. The summed E-state index contributed by atoms with van der Waals surface area (Å²) in [6.07, 6.45) is 2.98. The highest BCUT2D eigenvalue weighted by Crippen LogP contribution is 2.20. The lowest BCUT2D eigenvalue weighted by Crippen LogP contribution is -2.17. The lowest BCUT2D eigenvalue weighted by Gasteiger charge is -2.13. The van der Waals surface area contributed by atoms with Crippen LogP contribution in [0.2, 0.25) is 5.15 Å². The number of nitrogens with zero attached hydrogens (tertiary/aromatic N) is 3. The zero-order valence-corrected chi connectivity index (χ0v) is 12.5. The van der Waals surface area contributed by atoms with Gasteiger partial charge in [-0.25, -0.2) is 9.97 Å². The molecule has 1 N–H and O–H groups in total. The minimum absolute atomic E-state index is 0.559. The molecule has 1 aromatic heterocycles. The van der Waals surface area contributed by atoms with E-state index in [1.54, 1.807) is 0 Å². The molecule has 0 radical (unpaired) electrons. The maximum atomic E-state index is 6.12. The van der Waals surface area contributed by atoms with Crippen molar-refractivity contribution in [3.05, 3.63) is 16.5 Å². The molecule has 0 saturated carbocycles. The molecular weight excluding hydrogens is 248 g/mol. The first-order valence-electron chi connectivity index (χ1n) is 6.46. The Labute approximate surface area is 115 Å². The summed E-state index contributed by atoms with van der Waals surface area (Å²) in [5.41, 5.74) is 0.932. The molecule has 0 unspecified atom stereocenters. The maximum Gasteiger partial charge on any atom is 0.137 e. The van der Waals surface area contributed by atoms with Crippen molar-refractivity contribution in [2.24, 2.45) is 0 Å². The Hall–Kier alpha value is -0.870. The molecule has 1 heterocycles. The van der Waals surface area contributed by atoms with Crippen molar-refractivity contribution < 1.29 is 0 Å². The van der Waals surface area contributed by atoms with E-state index in [0.717, 1.165) is 49.6 Å². The van der Waals surface area contributed by atoms with E-state index in [1.165, 1.54) is 0 Å². The number of aryl methyl sites for hydroxylation is 1. The molecule has 5 heteroatoms. The van der Waals surface area contributed by atoms with Gasteiger partial charge in [-0.1, -0.05) is 18.5 Å². The van der Waals surface area contributed by atoms with Crippen molar-refractivity contribution in [3.63, 3.8) is 0 Å². The Morgan fingerprint density at radius 1 is 1.28 bits per heavy atom. The highest BCUT2D eigenvalue weighted by atomic mass is 35.5. The molecule has 0 aliphatic carbocycles. The van der Waals surface area contributed by atoms with Crippen LogP contribution in [0.3, 0.4) is 0 Å². The van der Waals surface area contributed by atoms with Crippen molar-refractivity contribution in [1.29, 1.82) is 0 Å². The summed E-state index contributed by atoms with van der Waals surface area (Å²) in [6.45, 7) is 6.03. The van der Waals surface area contributed by atoms with Gasteiger partial charge < -0.3 is 10.2 Å². The van der Waals surface area contributed by atoms with Crippen molar-refractivity contribution in [2.45, 2.75) is 33.1 Å². The SMILES string of the molecule is CCCc1nc(Cl)c(C)c(NCCCN(C)C)n1. The zero-order valence-electron chi connectivity index (χ0n) is 11.8. The molecule has 4 nitrogen and oxygen atoms in total. The molecular formula is C13H23ClN4. The number of rotatable bonds is 7. The van der Waals surface area contributed by atoms with Crippen LogP contribution >= 0.6 is 11.6 Å². The van der Waals surface area contributed by atoms with E-state index in [2.05, 4.69) is 41.2 Å². The molecule has 0 spiro atoms. The minimum Gasteiger partial charge on any atom is -0.370 e. The summed E-state index contributed by atoms with van der Waals surface area (Å²) in [4.78, 5) is 11.0. The average molecular weight is 271 g/mol. The normalized spacial score (nSPS) is 11.0. The van der Waals surface area contributed by atoms with E-state index in [1.807, 2.05) is 6.92 Å². The van der Waals surface area contributed by atoms with E-state index < -0.39 is 0 Å². The predicted octanol–water partition coefficient (Wildman–Crippen LogP) is 2.75. The van der Waals surface area contributed by atoms with Crippen molar-refractivity contribution in [3.8, 4) is 0 Å². The van der Waals surface area contributed by atoms with Crippen molar-refractivity contribution >= 4 is 17.4 Å². The largest absolute Gasteiger partial charge is 0.370 e. The first kappa shape index (κ1) is 15.2. The molecule has 0 saturated heterocycles. The highest BCUT2D eigenvalue weighted by molar-refractivity contribution is 6.30. The van der Waals surface area contributed by atoms with E-state index in [0.29, 0.717) is 5.15 Å². The van der Waals surface area contributed by atoms with Gasteiger partial charge in [0.1, 0.15) is 16.8 Å². The summed E-state index contributed by atoms with van der Waals surface area (Å²) in [5.74, 6) is 1.69. The van der Waals surface area contributed by atoms with Crippen molar-refractivity contribution in [1.82, 2.24) is 14.9 Å². The minimum atomic E-state index is 0.559. The molecule has 0 aromatic carbocycles. The number of nitrogens with one attached hydrogen (secondary N) is 1. The fourth-order valence-electron chi connectivity index (χ4n) is 1.64. The number of anilines is 1. The zero-order chi connectivity index (χ0) is 13.5. The van der Waals surface area contributed by atoms with Gasteiger partial charge in [0.15, 0.2) is 0 Å². The average Bonchev–Trinajstić information content (AvgIpc) is 2.30. The molecule has 0 bridgehead atoms. The van der Waals surface area contributed by atoms with Crippen LogP contribution in [0.15, 0.2) is 0 Å². The summed E-state index contributed by atoms with van der Waals surface area (Å²) in [5, 5.41) is 3.90. The van der Waals surface area contributed by atoms with Crippen LogP contribution in [0.5, 0.6) is 0 Å². The molecule has 0 amide bonds. The van der Waals surface area contributed by atoms with Crippen LogP contribution in [0.25, 0.3) is 0 Å². The fourth-order valence-corrected chi connectivity index (χ4v) is 1.83. The van der Waals surface area contributed by atoms with E-state index >= 15 is 0 Å².